The second-order valence-corrected chi connectivity index (χ2v) is 10.7. The molecule has 38 heavy (non-hydrogen) atoms. The Labute approximate surface area is 236 Å². The lowest BCUT2D eigenvalue weighted by atomic mass is 9.95. The molecule has 2 N–H and O–H groups in total. The summed E-state index contributed by atoms with van der Waals surface area (Å²) in [6.45, 7) is 0.664. The molecule has 1 atom stereocenters. The molecule has 2 heterocycles. The fraction of sp³-hybridized carbons (Fsp3) is 0.179. The van der Waals surface area contributed by atoms with E-state index < -0.39 is 17.9 Å². The summed E-state index contributed by atoms with van der Waals surface area (Å²) in [7, 11) is 0. The molecule has 1 aliphatic rings. The first-order valence-electron chi connectivity index (χ1n) is 11.8. The molecule has 0 radical (unpaired) electrons. The Bertz CT molecular complexity index is 1590. The number of carboxylic acids is 1. The lowest BCUT2D eigenvalue weighted by Crippen LogP contribution is -2.42. The van der Waals surface area contributed by atoms with E-state index in [1.165, 1.54) is 0 Å². The van der Waals surface area contributed by atoms with Gasteiger partial charge in [-0.05, 0) is 59.5 Å². The second kappa shape index (κ2) is 10.8. The molecule has 0 fully saturated rings. The summed E-state index contributed by atoms with van der Waals surface area (Å²) in [4.78, 5) is 39.9. The highest BCUT2D eigenvalue weighted by atomic mass is 79.9. The van der Waals surface area contributed by atoms with Gasteiger partial charge < -0.3 is 19.7 Å². The van der Waals surface area contributed by atoms with Crippen LogP contribution in [-0.4, -0.2) is 40.4 Å². The number of aliphatic carboxylic acids is 1. The van der Waals surface area contributed by atoms with Crippen molar-refractivity contribution in [3.8, 4) is 0 Å². The van der Waals surface area contributed by atoms with Crippen molar-refractivity contribution in [3.63, 3.8) is 0 Å². The summed E-state index contributed by atoms with van der Waals surface area (Å²) in [6.07, 6.45) is 2.08. The number of hydrogen-bond donors (Lipinski definition) is 2. The largest absolute Gasteiger partial charge is 0.480 e. The third kappa shape index (κ3) is 5.29. The topological polar surface area (TPSA) is 99.9 Å². The molecular formula is C28H21BrCl2N2O5. The second-order valence-electron chi connectivity index (χ2n) is 9.03. The van der Waals surface area contributed by atoms with Crippen LogP contribution in [0, 0.1) is 0 Å². The number of fused-ring (bicyclic) bond motifs is 2. The van der Waals surface area contributed by atoms with Gasteiger partial charge in [0.2, 0.25) is 0 Å². The smallest absolute Gasteiger partial charge is 0.326 e. The zero-order valence-corrected chi connectivity index (χ0v) is 22.9. The maximum absolute atomic E-state index is 13.2. The van der Waals surface area contributed by atoms with E-state index in [9.17, 15) is 19.5 Å². The quantitative estimate of drug-likeness (QED) is 0.272. The van der Waals surface area contributed by atoms with Crippen LogP contribution in [0.1, 0.15) is 37.4 Å². The van der Waals surface area contributed by atoms with E-state index in [0.717, 1.165) is 21.0 Å². The minimum atomic E-state index is -1.18. The summed E-state index contributed by atoms with van der Waals surface area (Å²) in [5.41, 5.74) is 3.36. The Morgan fingerprint density at radius 2 is 1.92 bits per heavy atom. The van der Waals surface area contributed by atoms with Crippen LogP contribution in [-0.2, 0) is 24.2 Å². The molecule has 0 bridgehead atoms. The van der Waals surface area contributed by atoms with Gasteiger partial charge in [0.15, 0.2) is 0 Å². The third-order valence-corrected chi connectivity index (χ3v) is 7.76. The number of rotatable bonds is 6. The highest BCUT2D eigenvalue weighted by molar-refractivity contribution is 9.10. The van der Waals surface area contributed by atoms with Crippen LogP contribution in [0.2, 0.25) is 10.0 Å². The molecule has 194 valence electrons. The van der Waals surface area contributed by atoms with E-state index in [-0.39, 0.29) is 34.5 Å². The number of carbonyl (C=O) groups is 3. The van der Waals surface area contributed by atoms with Crippen molar-refractivity contribution in [1.29, 1.82) is 0 Å². The monoisotopic (exact) mass is 614 g/mol. The van der Waals surface area contributed by atoms with Gasteiger partial charge >= 0.3 is 5.97 Å². The molecular weight excluding hydrogens is 595 g/mol. The zero-order chi connectivity index (χ0) is 27.0. The summed E-state index contributed by atoms with van der Waals surface area (Å²) in [6, 6.07) is 14.8. The van der Waals surface area contributed by atoms with Crippen molar-refractivity contribution in [2.45, 2.75) is 25.4 Å². The molecule has 7 nitrogen and oxygen atoms in total. The number of benzene rings is 3. The molecule has 0 spiro atoms. The van der Waals surface area contributed by atoms with Gasteiger partial charge in [-0.2, -0.15) is 0 Å². The van der Waals surface area contributed by atoms with Crippen LogP contribution in [0.5, 0.6) is 0 Å². The molecule has 1 aliphatic heterocycles. The van der Waals surface area contributed by atoms with Crippen molar-refractivity contribution in [2.75, 3.05) is 6.54 Å². The van der Waals surface area contributed by atoms with Crippen LogP contribution >= 0.6 is 39.1 Å². The minimum absolute atomic E-state index is 0.0237. The van der Waals surface area contributed by atoms with Gasteiger partial charge in [-0.1, -0.05) is 57.3 Å². The molecule has 0 saturated heterocycles. The Morgan fingerprint density at radius 3 is 2.68 bits per heavy atom. The predicted molar refractivity (Wildman–Crippen MR) is 148 cm³/mol. The SMILES string of the molecule is O=C(N[C@@H](Cc1cccc(Br)c1)C(=O)O)c1c(Cl)cc2c(c1Cl)CCN(C(=O)c1ccc3ccoc3c1)C2. The van der Waals surface area contributed by atoms with E-state index in [2.05, 4.69) is 21.2 Å². The highest BCUT2D eigenvalue weighted by Crippen LogP contribution is 2.35. The van der Waals surface area contributed by atoms with Crippen molar-refractivity contribution in [1.82, 2.24) is 10.2 Å². The molecule has 5 rings (SSSR count). The standard InChI is InChI=1S/C28H21BrCl2N2O5/c29-19-3-1-2-15(10-19)11-22(28(36)37)32-26(34)24-21(30)12-18-14-33(8-6-20(18)25(24)31)27(35)17-5-4-16-7-9-38-23(16)13-17/h1-5,7,9-10,12-13,22H,6,8,11,14H2,(H,32,34)(H,36,37)/t22-/m0/s1. The van der Waals surface area contributed by atoms with Gasteiger partial charge in [0, 0.05) is 34.9 Å². The number of halogens is 3. The van der Waals surface area contributed by atoms with E-state index in [4.69, 9.17) is 27.6 Å². The minimum Gasteiger partial charge on any atom is -0.480 e. The summed E-state index contributed by atoms with van der Waals surface area (Å²) >= 11 is 16.5. The molecule has 0 aliphatic carbocycles. The fourth-order valence-electron chi connectivity index (χ4n) is 4.63. The van der Waals surface area contributed by atoms with Gasteiger partial charge in [-0.25, -0.2) is 4.79 Å². The maximum atomic E-state index is 13.2. The van der Waals surface area contributed by atoms with Crippen molar-refractivity contribution < 1.29 is 23.9 Å². The lowest BCUT2D eigenvalue weighted by Gasteiger charge is -2.30. The number of amides is 2. The predicted octanol–water partition coefficient (Wildman–Crippen LogP) is 6.13. The molecule has 10 heteroatoms. The van der Waals surface area contributed by atoms with E-state index in [0.29, 0.717) is 29.7 Å². The molecule has 0 saturated carbocycles. The van der Waals surface area contributed by atoms with Gasteiger partial charge in [-0.3, -0.25) is 9.59 Å². The molecule has 0 unspecified atom stereocenters. The summed E-state index contributed by atoms with van der Waals surface area (Å²) < 4.78 is 6.22. The van der Waals surface area contributed by atoms with Crippen LogP contribution in [0.25, 0.3) is 11.0 Å². The lowest BCUT2D eigenvalue weighted by molar-refractivity contribution is -0.139. The Balaban J connectivity index is 1.35. The first kappa shape index (κ1) is 26.3. The van der Waals surface area contributed by atoms with Crippen LogP contribution in [0.3, 0.4) is 0 Å². The number of carbonyl (C=O) groups excluding carboxylic acids is 2. The molecule has 2 amide bonds. The van der Waals surface area contributed by atoms with E-state index in [1.54, 1.807) is 47.6 Å². The highest BCUT2D eigenvalue weighted by Gasteiger charge is 2.29. The number of hydrogen-bond acceptors (Lipinski definition) is 4. The average molecular weight is 616 g/mol. The first-order chi connectivity index (χ1) is 18.2. The van der Waals surface area contributed by atoms with Crippen LogP contribution < -0.4 is 5.32 Å². The van der Waals surface area contributed by atoms with Gasteiger partial charge in [0.05, 0.1) is 21.9 Å². The Morgan fingerprint density at radius 1 is 1.11 bits per heavy atom. The van der Waals surface area contributed by atoms with Gasteiger partial charge in [-0.15, -0.1) is 0 Å². The van der Waals surface area contributed by atoms with Crippen molar-refractivity contribution in [2.24, 2.45) is 0 Å². The number of carboxylic acid groups (broad SMARTS) is 1. The molecule has 4 aromatic rings. The van der Waals surface area contributed by atoms with Gasteiger partial charge in [0.25, 0.3) is 11.8 Å². The fourth-order valence-corrected chi connectivity index (χ4v) is 5.84. The van der Waals surface area contributed by atoms with Crippen molar-refractivity contribution >= 4 is 67.9 Å². The normalized spacial score (nSPS) is 13.7. The Hall–Kier alpha value is -3.33. The Kier molecular flexibility index (Phi) is 7.47. The van der Waals surface area contributed by atoms with E-state index >= 15 is 0 Å². The number of furan rings is 1. The summed E-state index contributed by atoms with van der Waals surface area (Å²) in [5, 5.41) is 13.4. The third-order valence-electron chi connectivity index (χ3n) is 6.55. The number of nitrogens with one attached hydrogen (secondary N) is 1. The van der Waals surface area contributed by atoms with Crippen LogP contribution in [0.4, 0.5) is 0 Å². The zero-order valence-electron chi connectivity index (χ0n) is 19.8. The van der Waals surface area contributed by atoms with Gasteiger partial charge in [0.1, 0.15) is 11.6 Å². The van der Waals surface area contributed by atoms with Crippen LogP contribution in [0.15, 0.2) is 69.8 Å². The number of nitrogens with zero attached hydrogens (tertiary/aromatic N) is 1. The molecule has 1 aromatic heterocycles. The maximum Gasteiger partial charge on any atom is 0.326 e. The van der Waals surface area contributed by atoms with Crippen molar-refractivity contribution in [3.05, 3.63) is 103 Å². The molecule has 3 aromatic carbocycles. The average Bonchev–Trinajstić information content (AvgIpc) is 3.35. The first-order valence-corrected chi connectivity index (χ1v) is 13.3. The van der Waals surface area contributed by atoms with E-state index in [1.807, 2.05) is 18.2 Å². The summed E-state index contributed by atoms with van der Waals surface area (Å²) in [5.74, 6) is -2.00.